The molecule has 0 aromatic rings. The molecule has 0 fully saturated rings. The number of unbranched alkanes of at least 4 members (excludes halogenated alkanes) is 6. The monoisotopic (exact) mass is 268 g/mol. The quantitative estimate of drug-likeness (QED) is 0.365. The van der Waals surface area contributed by atoms with Gasteiger partial charge in [-0.1, -0.05) is 65.2 Å². The Hall–Kier alpha value is -0.660. The van der Waals surface area contributed by atoms with Gasteiger partial charge in [-0.2, -0.15) is 0 Å². The van der Waals surface area contributed by atoms with Gasteiger partial charge in [-0.25, -0.2) is 0 Å². The van der Waals surface area contributed by atoms with E-state index in [4.69, 9.17) is 0 Å². The lowest BCUT2D eigenvalue weighted by Crippen LogP contribution is -2.36. The zero-order valence-corrected chi connectivity index (χ0v) is 13.4. The largest absolute Gasteiger partial charge is 0.299 e. The standard InChI is InChI=1S/C17H32O2/c1-5-7-9-11-13-17(15(3)18,16(4)19)14-12-10-8-6-2/h5-14H2,1-4H3. The van der Waals surface area contributed by atoms with Gasteiger partial charge in [0.05, 0.1) is 5.41 Å². The molecule has 0 spiro atoms. The Labute approximate surface area is 119 Å². The van der Waals surface area contributed by atoms with Crippen LogP contribution in [0.2, 0.25) is 0 Å². The van der Waals surface area contributed by atoms with Crippen LogP contribution in [0.25, 0.3) is 0 Å². The molecule has 0 aromatic carbocycles. The van der Waals surface area contributed by atoms with Crippen molar-refractivity contribution < 1.29 is 9.59 Å². The maximum atomic E-state index is 12.0. The van der Waals surface area contributed by atoms with Gasteiger partial charge in [-0.15, -0.1) is 0 Å². The molecule has 0 radical (unpaired) electrons. The van der Waals surface area contributed by atoms with E-state index in [9.17, 15) is 9.59 Å². The summed E-state index contributed by atoms with van der Waals surface area (Å²) < 4.78 is 0. The summed E-state index contributed by atoms with van der Waals surface area (Å²) >= 11 is 0. The average Bonchev–Trinajstić information content (AvgIpc) is 2.36. The van der Waals surface area contributed by atoms with Crippen molar-refractivity contribution in [2.45, 2.75) is 91.9 Å². The lowest BCUT2D eigenvalue weighted by molar-refractivity contribution is -0.139. The molecular weight excluding hydrogens is 236 g/mol. The zero-order valence-electron chi connectivity index (χ0n) is 13.4. The second-order valence-electron chi connectivity index (χ2n) is 5.82. The Kier molecular flexibility index (Phi) is 9.81. The number of carbonyl (C=O) groups is 2. The minimum atomic E-state index is -0.679. The van der Waals surface area contributed by atoms with Crippen LogP contribution in [0.15, 0.2) is 0 Å². The van der Waals surface area contributed by atoms with E-state index in [-0.39, 0.29) is 11.6 Å². The van der Waals surface area contributed by atoms with Crippen LogP contribution in [0, 0.1) is 5.41 Å². The second kappa shape index (κ2) is 10.2. The highest BCUT2D eigenvalue weighted by Crippen LogP contribution is 2.34. The molecule has 19 heavy (non-hydrogen) atoms. The molecule has 112 valence electrons. The predicted molar refractivity (Wildman–Crippen MR) is 81.3 cm³/mol. The molecule has 0 aliphatic heterocycles. The van der Waals surface area contributed by atoms with E-state index in [1.807, 2.05) is 0 Å². The van der Waals surface area contributed by atoms with E-state index in [1.165, 1.54) is 25.7 Å². The molecule has 0 atom stereocenters. The number of carbonyl (C=O) groups excluding carboxylic acids is 2. The highest BCUT2D eigenvalue weighted by Gasteiger charge is 2.38. The van der Waals surface area contributed by atoms with Crippen molar-refractivity contribution >= 4 is 11.6 Å². The SMILES string of the molecule is CCCCCCC(CCCCCC)(C(C)=O)C(C)=O. The van der Waals surface area contributed by atoms with Gasteiger partial charge in [-0.05, 0) is 26.7 Å². The second-order valence-corrected chi connectivity index (χ2v) is 5.82. The summed E-state index contributed by atoms with van der Waals surface area (Å²) in [6, 6.07) is 0. The molecule has 2 heteroatoms. The van der Waals surface area contributed by atoms with Crippen molar-refractivity contribution in [3.8, 4) is 0 Å². The normalized spacial score (nSPS) is 11.6. The third-order valence-corrected chi connectivity index (χ3v) is 4.26. The number of Topliss-reactive ketones (excluding diaryl/α,β-unsaturated/α-hetero) is 2. The molecule has 0 saturated heterocycles. The van der Waals surface area contributed by atoms with Gasteiger partial charge in [0.15, 0.2) is 0 Å². The molecule has 0 unspecified atom stereocenters. The molecule has 0 heterocycles. The molecule has 0 aliphatic rings. The summed E-state index contributed by atoms with van der Waals surface area (Å²) in [5, 5.41) is 0. The smallest absolute Gasteiger partial charge is 0.143 e. The first kappa shape index (κ1) is 18.3. The summed E-state index contributed by atoms with van der Waals surface area (Å²) in [5.41, 5.74) is -0.679. The van der Waals surface area contributed by atoms with Crippen molar-refractivity contribution in [2.75, 3.05) is 0 Å². The lowest BCUT2D eigenvalue weighted by atomic mass is 9.72. The molecule has 0 aliphatic carbocycles. The summed E-state index contributed by atoms with van der Waals surface area (Å²) in [5.74, 6) is 0.154. The van der Waals surface area contributed by atoms with E-state index in [2.05, 4.69) is 13.8 Å². The van der Waals surface area contributed by atoms with Crippen LogP contribution in [-0.4, -0.2) is 11.6 Å². The van der Waals surface area contributed by atoms with Gasteiger partial charge in [-0.3, -0.25) is 9.59 Å². The van der Waals surface area contributed by atoms with Crippen molar-refractivity contribution in [2.24, 2.45) is 5.41 Å². The first-order valence-electron chi connectivity index (χ1n) is 8.03. The summed E-state index contributed by atoms with van der Waals surface area (Å²) in [7, 11) is 0. The van der Waals surface area contributed by atoms with Gasteiger partial charge in [0.1, 0.15) is 11.6 Å². The van der Waals surface area contributed by atoms with Crippen LogP contribution in [0.3, 0.4) is 0 Å². The maximum Gasteiger partial charge on any atom is 0.143 e. The third-order valence-electron chi connectivity index (χ3n) is 4.26. The molecule has 0 bridgehead atoms. The number of hydrogen-bond donors (Lipinski definition) is 0. The number of hydrogen-bond acceptors (Lipinski definition) is 2. The molecule has 2 nitrogen and oxygen atoms in total. The van der Waals surface area contributed by atoms with Gasteiger partial charge in [0, 0.05) is 0 Å². The van der Waals surface area contributed by atoms with E-state index >= 15 is 0 Å². The number of rotatable bonds is 12. The van der Waals surface area contributed by atoms with Crippen LogP contribution in [0.5, 0.6) is 0 Å². The Morgan fingerprint density at radius 3 is 1.32 bits per heavy atom. The van der Waals surface area contributed by atoms with Crippen molar-refractivity contribution in [3.63, 3.8) is 0 Å². The summed E-state index contributed by atoms with van der Waals surface area (Å²) in [6.45, 7) is 7.55. The lowest BCUT2D eigenvalue weighted by Gasteiger charge is -2.28. The Balaban J connectivity index is 4.51. The Morgan fingerprint density at radius 1 is 0.684 bits per heavy atom. The highest BCUT2D eigenvalue weighted by atomic mass is 16.2. The van der Waals surface area contributed by atoms with Crippen LogP contribution < -0.4 is 0 Å². The highest BCUT2D eigenvalue weighted by molar-refractivity contribution is 6.04. The molecule has 0 rings (SSSR count). The first-order chi connectivity index (χ1) is 9.01. The van der Waals surface area contributed by atoms with Crippen LogP contribution in [0.4, 0.5) is 0 Å². The maximum absolute atomic E-state index is 12.0. The number of ketones is 2. The van der Waals surface area contributed by atoms with Crippen LogP contribution in [0.1, 0.15) is 91.9 Å². The zero-order chi connectivity index (χ0) is 14.7. The molecule has 0 saturated carbocycles. The van der Waals surface area contributed by atoms with E-state index in [1.54, 1.807) is 13.8 Å². The van der Waals surface area contributed by atoms with Crippen LogP contribution >= 0.6 is 0 Å². The average molecular weight is 268 g/mol. The molecule has 0 aromatic heterocycles. The van der Waals surface area contributed by atoms with Gasteiger partial charge >= 0.3 is 0 Å². The predicted octanol–water partition coefficient (Wildman–Crippen LogP) is 5.09. The topological polar surface area (TPSA) is 34.1 Å². The van der Waals surface area contributed by atoms with Gasteiger partial charge in [0.25, 0.3) is 0 Å². The first-order valence-corrected chi connectivity index (χ1v) is 8.03. The van der Waals surface area contributed by atoms with Gasteiger partial charge in [0.2, 0.25) is 0 Å². The summed E-state index contributed by atoms with van der Waals surface area (Å²) in [4.78, 5) is 24.0. The fourth-order valence-electron chi connectivity index (χ4n) is 2.78. The molecule has 0 N–H and O–H groups in total. The Bertz CT molecular complexity index is 240. The van der Waals surface area contributed by atoms with Gasteiger partial charge < -0.3 is 0 Å². The van der Waals surface area contributed by atoms with E-state index in [0.717, 1.165) is 38.5 Å². The van der Waals surface area contributed by atoms with Crippen molar-refractivity contribution in [1.29, 1.82) is 0 Å². The third kappa shape index (κ3) is 6.35. The van der Waals surface area contributed by atoms with Crippen LogP contribution in [-0.2, 0) is 9.59 Å². The summed E-state index contributed by atoms with van der Waals surface area (Å²) in [6.07, 6.45) is 10.5. The van der Waals surface area contributed by atoms with Crippen molar-refractivity contribution in [1.82, 2.24) is 0 Å². The minimum absolute atomic E-state index is 0.0768. The minimum Gasteiger partial charge on any atom is -0.299 e. The Morgan fingerprint density at radius 2 is 1.05 bits per heavy atom. The molecule has 0 amide bonds. The molecular formula is C17H32O2. The fraction of sp³-hybridized carbons (Fsp3) is 0.882. The van der Waals surface area contributed by atoms with Crippen molar-refractivity contribution in [3.05, 3.63) is 0 Å². The van der Waals surface area contributed by atoms with E-state index < -0.39 is 5.41 Å². The fourth-order valence-corrected chi connectivity index (χ4v) is 2.78. The van der Waals surface area contributed by atoms with E-state index in [0.29, 0.717) is 0 Å².